The van der Waals surface area contributed by atoms with Crippen LogP contribution < -0.4 is 14.8 Å². The third kappa shape index (κ3) is 6.13. The Morgan fingerprint density at radius 3 is 2.39 bits per heavy atom. The van der Waals surface area contributed by atoms with Gasteiger partial charge < -0.3 is 19.7 Å². The molecule has 6 heteroatoms. The summed E-state index contributed by atoms with van der Waals surface area (Å²) in [6.45, 7) is 6.29. The number of nitrogens with zero attached hydrogens (tertiary/aromatic N) is 1. The molecular weight excluding hydrogens is 416 g/mol. The highest BCUT2D eigenvalue weighted by molar-refractivity contribution is 5.95. The van der Waals surface area contributed by atoms with Gasteiger partial charge >= 0.3 is 0 Å². The molecule has 0 spiro atoms. The highest BCUT2D eigenvalue weighted by Crippen LogP contribution is 2.31. The van der Waals surface area contributed by atoms with E-state index >= 15 is 0 Å². The first kappa shape index (κ1) is 23.9. The van der Waals surface area contributed by atoms with Crippen molar-refractivity contribution in [2.24, 2.45) is 0 Å². The summed E-state index contributed by atoms with van der Waals surface area (Å²) >= 11 is 0. The maximum atomic E-state index is 13.7. The zero-order valence-corrected chi connectivity index (χ0v) is 19.5. The topological polar surface area (TPSA) is 67.9 Å². The SMILES string of the molecule is CCOc1ccc(C(=O)N(Cc2ccccc2)C(C)c2cccc(NC(C)=O)c2)cc1OC. The normalized spacial score (nSPS) is 11.4. The van der Waals surface area contributed by atoms with Crippen LogP contribution in [0.1, 0.15) is 48.3 Å². The van der Waals surface area contributed by atoms with Crippen molar-refractivity contribution >= 4 is 17.5 Å². The van der Waals surface area contributed by atoms with Crippen molar-refractivity contribution in [3.8, 4) is 11.5 Å². The molecule has 6 nitrogen and oxygen atoms in total. The molecular formula is C27H30N2O4. The Balaban J connectivity index is 1.97. The van der Waals surface area contributed by atoms with E-state index in [1.54, 1.807) is 25.3 Å². The van der Waals surface area contributed by atoms with Crippen molar-refractivity contribution in [3.63, 3.8) is 0 Å². The molecule has 0 aliphatic carbocycles. The van der Waals surface area contributed by atoms with E-state index in [1.165, 1.54) is 6.92 Å². The van der Waals surface area contributed by atoms with Gasteiger partial charge in [-0.3, -0.25) is 9.59 Å². The van der Waals surface area contributed by atoms with E-state index in [4.69, 9.17) is 9.47 Å². The Kier molecular flexibility index (Phi) is 8.08. The van der Waals surface area contributed by atoms with Crippen molar-refractivity contribution in [2.45, 2.75) is 33.4 Å². The number of carbonyl (C=O) groups excluding carboxylic acids is 2. The predicted octanol–water partition coefficient (Wildman–Crippen LogP) is 5.46. The van der Waals surface area contributed by atoms with E-state index in [9.17, 15) is 9.59 Å². The molecule has 3 rings (SSSR count). The van der Waals surface area contributed by atoms with Gasteiger partial charge in [0.25, 0.3) is 5.91 Å². The van der Waals surface area contributed by atoms with Crippen molar-refractivity contribution in [2.75, 3.05) is 19.0 Å². The van der Waals surface area contributed by atoms with Crippen LogP contribution in [0.3, 0.4) is 0 Å². The molecule has 1 atom stereocenters. The monoisotopic (exact) mass is 446 g/mol. The summed E-state index contributed by atoms with van der Waals surface area (Å²) in [4.78, 5) is 27.0. The Morgan fingerprint density at radius 2 is 1.73 bits per heavy atom. The number of rotatable bonds is 9. The lowest BCUT2D eigenvalue weighted by Gasteiger charge is -2.30. The molecule has 0 saturated carbocycles. The Labute approximate surface area is 195 Å². The minimum Gasteiger partial charge on any atom is -0.493 e. The van der Waals surface area contributed by atoms with E-state index in [1.807, 2.05) is 73.3 Å². The van der Waals surface area contributed by atoms with E-state index in [-0.39, 0.29) is 17.9 Å². The van der Waals surface area contributed by atoms with Gasteiger partial charge in [-0.2, -0.15) is 0 Å². The fourth-order valence-corrected chi connectivity index (χ4v) is 3.67. The first-order valence-electron chi connectivity index (χ1n) is 11.0. The molecule has 172 valence electrons. The quantitative estimate of drug-likeness (QED) is 0.474. The van der Waals surface area contributed by atoms with Gasteiger partial charge in [-0.25, -0.2) is 0 Å². The Bertz CT molecular complexity index is 1100. The fraction of sp³-hybridized carbons (Fsp3) is 0.259. The highest BCUT2D eigenvalue weighted by Gasteiger charge is 2.24. The second-order valence-corrected chi connectivity index (χ2v) is 7.70. The summed E-state index contributed by atoms with van der Waals surface area (Å²) in [5.74, 6) is 0.848. The predicted molar refractivity (Wildman–Crippen MR) is 130 cm³/mol. The van der Waals surface area contributed by atoms with Crippen LogP contribution in [0, 0.1) is 0 Å². The van der Waals surface area contributed by atoms with Crippen LogP contribution >= 0.6 is 0 Å². The summed E-state index contributed by atoms with van der Waals surface area (Å²) in [7, 11) is 1.56. The summed E-state index contributed by atoms with van der Waals surface area (Å²) in [5.41, 5.74) is 3.15. The van der Waals surface area contributed by atoms with E-state index in [0.717, 1.165) is 11.1 Å². The van der Waals surface area contributed by atoms with Crippen LogP contribution in [0.5, 0.6) is 11.5 Å². The van der Waals surface area contributed by atoms with Gasteiger partial charge in [-0.05, 0) is 55.3 Å². The van der Waals surface area contributed by atoms with Crippen LogP contribution in [-0.4, -0.2) is 30.4 Å². The molecule has 2 amide bonds. The summed E-state index contributed by atoms with van der Waals surface area (Å²) in [6.07, 6.45) is 0. The van der Waals surface area contributed by atoms with Crippen LogP contribution in [0.4, 0.5) is 5.69 Å². The molecule has 0 aromatic heterocycles. The number of nitrogens with one attached hydrogen (secondary N) is 1. The second kappa shape index (κ2) is 11.2. The molecule has 0 aliphatic heterocycles. The van der Waals surface area contributed by atoms with E-state index < -0.39 is 0 Å². The standard InChI is InChI=1S/C27H30N2O4/c1-5-33-25-15-14-23(17-26(25)32-4)27(31)29(18-21-10-7-6-8-11-21)19(2)22-12-9-13-24(16-22)28-20(3)30/h6-17,19H,5,18H2,1-4H3,(H,28,30). The Hall–Kier alpha value is -3.80. The molecule has 33 heavy (non-hydrogen) atoms. The zero-order chi connectivity index (χ0) is 23.8. The van der Waals surface area contributed by atoms with Crippen LogP contribution in [0.15, 0.2) is 72.8 Å². The summed E-state index contributed by atoms with van der Waals surface area (Å²) in [6, 6.07) is 22.4. The van der Waals surface area contributed by atoms with Gasteiger partial charge in [-0.15, -0.1) is 0 Å². The smallest absolute Gasteiger partial charge is 0.254 e. The average Bonchev–Trinajstić information content (AvgIpc) is 2.82. The van der Waals surface area contributed by atoms with Crippen molar-refractivity contribution in [1.29, 1.82) is 0 Å². The number of amides is 2. The minimum atomic E-state index is -0.246. The van der Waals surface area contributed by atoms with Crippen LogP contribution in [0.25, 0.3) is 0 Å². The van der Waals surface area contributed by atoms with Gasteiger partial charge in [-0.1, -0.05) is 42.5 Å². The number of ether oxygens (including phenoxy) is 2. The lowest BCUT2D eigenvalue weighted by Crippen LogP contribution is -2.33. The second-order valence-electron chi connectivity index (χ2n) is 7.70. The number of methoxy groups -OCH3 is 1. The first-order chi connectivity index (χ1) is 15.9. The molecule has 1 N–H and O–H groups in total. The van der Waals surface area contributed by atoms with Gasteiger partial charge in [0, 0.05) is 24.7 Å². The van der Waals surface area contributed by atoms with Gasteiger partial charge in [0.2, 0.25) is 5.91 Å². The number of anilines is 1. The maximum Gasteiger partial charge on any atom is 0.254 e. The molecule has 0 radical (unpaired) electrons. The number of benzene rings is 3. The molecule has 0 bridgehead atoms. The lowest BCUT2D eigenvalue weighted by atomic mass is 10.0. The molecule has 0 fully saturated rings. The number of hydrogen-bond acceptors (Lipinski definition) is 4. The lowest BCUT2D eigenvalue weighted by molar-refractivity contribution is -0.114. The van der Waals surface area contributed by atoms with Crippen LogP contribution in [-0.2, 0) is 11.3 Å². The zero-order valence-electron chi connectivity index (χ0n) is 19.5. The fourth-order valence-electron chi connectivity index (χ4n) is 3.67. The molecule has 0 saturated heterocycles. The maximum absolute atomic E-state index is 13.7. The summed E-state index contributed by atoms with van der Waals surface area (Å²) < 4.78 is 11.0. The molecule has 0 heterocycles. The third-order valence-corrected chi connectivity index (χ3v) is 5.32. The Morgan fingerprint density at radius 1 is 0.970 bits per heavy atom. The third-order valence-electron chi connectivity index (χ3n) is 5.32. The largest absolute Gasteiger partial charge is 0.493 e. The average molecular weight is 447 g/mol. The summed E-state index contributed by atoms with van der Waals surface area (Å²) in [5, 5.41) is 2.81. The van der Waals surface area contributed by atoms with Gasteiger partial charge in [0.05, 0.1) is 19.8 Å². The van der Waals surface area contributed by atoms with Crippen molar-refractivity contribution in [3.05, 3.63) is 89.5 Å². The van der Waals surface area contributed by atoms with Crippen molar-refractivity contribution < 1.29 is 19.1 Å². The van der Waals surface area contributed by atoms with Crippen LogP contribution in [0.2, 0.25) is 0 Å². The molecule has 0 aliphatic rings. The van der Waals surface area contributed by atoms with E-state index in [2.05, 4.69) is 5.32 Å². The first-order valence-corrected chi connectivity index (χ1v) is 11.0. The van der Waals surface area contributed by atoms with Gasteiger partial charge in [0.1, 0.15) is 0 Å². The number of carbonyl (C=O) groups is 2. The minimum absolute atomic E-state index is 0.127. The van der Waals surface area contributed by atoms with E-state index in [0.29, 0.717) is 35.9 Å². The molecule has 3 aromatic rings. The highest BCUT2D eigenvalue weighted by atomic mass is 16.5. The molecule has 3 aromatic carbocycles. The number of hydrogen-bond donors (Lipinski definition) is 1. The van der Waals surface area contributed by atoms with Crippen molar-refractivity contribution in [1.82, 2.24) is 4.90 Å². The molecule has 1 unspecified atom stereocenters. The van der Waals surface area contributed by atoms with Gasteiger partial charge in [0.15, 0.2) is 11.5 Å².